The van der Waals surface area contributed by atoms with Gasteiger partial charge in [-0.3, -0.25) is 9.59 Å². The van der Waals surface area contributed by atoms with Crippen molar-refractivity contribution in [2.45, 2.75) is 19.9 Å². The number of carbonyl (C=O) groups is 1. The molecular formula is C9H12N2O3. The minimum atomic E-state index is -0.315. The van der Waals surface area contributed by atoms with Crippen molar-refractivity contribution < 1.29 is 9.53 Å². The number of rotatable bonds is 4. The van der Waals surface area contributed by atoms with Gasteiger partial charge in [-0.1, -0.05) is 0 Å². The van der Waals surface area contributed by atoms with Crippen LogP contribution in [0.2, 0.25) is 0 Å². The minimum Gasteiger partial charge on any atom is -0.466 e. The van der Waals surface area contributed by atoms with Crippen molar-refractivity contribution in [3.8, 4) is 0 Å². The molecule has 0 N–H and O–H groups in total. The van der Waals surface area contributed by atoms with E-state index >= 15 is 0 Å². The lowest BCUT2D eigenvalue weighted by Gasteiger charge is -2.02. The third-order valence-electron chi connectivity index (χ3n) is 1.62. The first-order valence-electron chi connectivity index (χ1n) is 4.42. The van der Waals surface area contributed by atoms with Crippen LogP contribution in [0.4, 0.5) is 0 Å². The van der Waals surface area contributed by atoms with Gasteiger partial charge in [0.2, 0.25) is 0 Å². The first kappa shape index (κ1) is 10.4. The summed E-state index contributed by atoms with van der Waals surface area (Å²) in [6.07, 6.45) is 1.68. The lowest BCUT2D eigenvalue weighted by Crippen LogP contribution is -2.23. The van der Waals surface area contributed by atoms with Crippen LogP contribution in [0, 0.1) is 0 Å². The largest absolute Gasteiger partial charge is 0.466 e. The average molecular weight is 196 g/mol. The predicted molar refractivity (Wildman–Crippen MR) is 49.7 cm³/mol. The Labute approximate surface area is 81.3 Å². The fraction of sp³-hybridized carbons (Fsp3) is 0.444. The Morgan fingerprint density at radius 2 is 2.43 bits per heavy atom. The first-order valence-corrected chi connectivity index (χ1v) is 4.42. The van der Waals surface area contributed by atoms with Gasteiger partial charge in [0.25, 0.3) is 5.56 Å². The molecule has 0 atom stereocenters. The van der Waals surface area contributed by atoms with Crippen molar-refractivity contribution in [2.24, 2.45) is 0 Å². The van der Waals surface area contributed by atoms with Gasteiger partial charge in [0.15, 0.2) is 0 Å². The van der Waals surface area contributed by atoms with Crippen LogP contribution in [-0.4, -0.2) is 22.4 Å². The number of ether oxygens (including phenoxy) is 1. The van der Waals surface area contributed by atoms with Crippen molar-refractivity contribution >= 4 is 5.97 Å². The van der Waals surface area contributed by atoms with Crippen molar-refractivity contribution in [3.05, 3.63) is 28.7 Å². The quantitative estimate of drug-likeness (QED) is 0.645. The van der Waals surface area contributed by atoms with Crippen molar-refractivity contribution in [1.29, 1.82) is 0 Å². The van der Waals surface area contributed by atoms with E-state index in [1.54, 1.807) is 13.0 Å². The highest BCUT2D eigenvalue weighted by molar-refractivity contribution is 5.69. The number of carbonyl (C=O) groups excluding carboxylic acids is 1. The smallest absolute Gasteiger partial charge is 0.307 e. The molecule has 5 heteroatoms. The van der Waals surface area contributed by atoms with Gasteiger partial charge < -0.3 is 4.74 Å². The zero-order chi connectivity index (χ0) is 10.4. The van der Waals surface area contributed by atoms with E-state index in [0.717, 1.165) is 0 Å². The molecule has 1 aromatic rings. The van der Waals surface area contributed by atoms with Crippen LogP contribution < -0.4 is 5.56 Å². The summed E-state index contributed by atoms with van der Waals surface area (Å²) in [5.74, 6) is -0.315. The van der Waals surface area contributed by atoms with E-state index in [1.807, 2.05) is 0 Å². The Kier molecular flexibility index (Phi) is 3.84. The van der Waals surface area contributed by atoms with E-state index < -0.39 is 0 Å². The Bertz CT molecular complexity index is 359. The highest BCUT2D eigenvalue weighted by atomic mass is 16.5. The molecule has 1 heterocycles. The van der Waals surface area contributed by atoms with Gasteiger partial charge in [0, 0.05) is 12.3 Å². The molecule has 0 aliphatic carbocycles. The maximum absolute atomic E-state index is 11.1. The zero-order valence-electron chi connectivity index (χ0n) is 7.97. The topological polar surface area (TPSA) is 61.2 Å². The molecule has 5 nitrogen and oxygen atoms in total. The molecule has 0 saturated heterocycles. The number of aryl methyl sites for hydroxylation is 1. The van der Waals surface area contributed by atoms with E-state index in [0.29, 0.717) is 6.61 Å². The Hall–Kier alpha value is -1.65. The van der Waals surface area contributed by atoms with Crippen molar-refractivity contribution in [3.63, 3.8) is 0 Å². The SMILES string of the molecule is CCOC(=O)CCn1ncccc1=O. The number of hydrogen-bond acceptors (Lipinski definition) is 4. The molecule has 1 aromatic heterocycles. The zero-order valence-corrected chi connectivity index (χ0v) is 7.97. The summed E-state index contributed by atoms with van der Waals surface area (Å²) in [7, 11) is 0. The molecule has 14 heavy (non-hydrogen) atoms. The molecule has 0 fully saturated rings. The van der Waals surface area contributed by atoms with Crippen LogP contribution in [0.3, 0.4) is 0 Å². The number of hydrogen-bond donors (Lipinski definition) is 0. The monoisotopic (exact) mass is 196 g/mol. The van der Waals surface area contributed by atoms with Crippen LogP contribution in [0.25, 0.3) is 0 Å². The lowest BCUT2D eigenvalue weighted by atomic mass is 10.4. The lowest BCUT2D eigenvalue weighted by molar-refractivity contribution is -0.143. The van der Waals surface area contributed by atoms with E-state index in [4.69, 9.17) is 4.74 Å². The molecule has 0 aromatic carbocycles. The van der Waals surface area contributed by atoms with Crippen LogP contribution in [0.5, 0.6) is 0 Å². The van der Waals surface area contributed by atoms with Crippen LogP contribution in [0.1, 0.15) is 13.3 Å². The van der Waals surface area contributed by atoms with Crippen molar-refractivity contribution in [2.75, 3.05) is 6.61 Å². The summed E-state index contributed by atoms with van der Waals surface area (Å²) < 4.78 is 5.95. The second kappa shape index (κ2) is 5.16. The molecule has 0 aliphatic heterocycles. The summed E-state index contributed by atoms with van der Waals surface area (Å²) in [6.45, 7) is 2.36. The average Bonchev–Trinajstić information content (AvgIpc) is 2.17. The van der Waals surface area contributed by atoms with E-state index in [9.17, 15) is 9.59 Å². The van der Waals surface area contributed by atoms with Gasteiger partial charge in [0.1, 0.15) is 0 Å². The predicted octanol–water partition coefficient (Wildman–Crippen LogP) is 0.197. The second-order valence-corrected chi connectivity index (χ2v) is 2.64. The van der Waals surface area contributed by atoms with Gasteiger partial charge >= 0.3 is 5.97 Å². The first-order chi connectivity index (χ1) is 6.74. The maximum Gasteiger partial charge on any atom is 0.307 e. The molecule has 0 aliphatic rings. The van der Waals surface area contributed by atoms with Crippen LogP contribution in [-0.2, 0) is 16.1 Å². The van der Waals surface area contributed by atoms with Gasteiger partial charge in [-0.25, -0.2) is 4.68 Å². The molecule has 1 rings (SSSR count). The Morgan fingerprint density at radius 1 is 1.64 bits per heavy atom. The minimum absolute atomic E-state index is 0.171. The summed E-state index contributed by atoms with van der Waals surface area (Å²) in [4.78, 5) is 22.1. The Balaban J connectivity index is 2.50. The number of esters is 1. The third-order valence-corrected chi connectivity index (χ3v) is 1.62. The fourth-order valence-electron chi connectivity index (χ4n) is 0.986. The molecule has 0 saturated carbocycles. The van der Waals surface area contributed by atoms with Crippen LogP contribution in [0.15, 0.2) is 23.1 Å². The summed E-state index contributed by atoms with van der Waals surface area (Å²) in [5, 5.41) is 3.81. The molecule has 76 valence electrons. The molecule has 0 radical (unpaired) electrons. The Morgan fingerprint density at radius 3 is 3.07 bits per heavy atom. The van der Waals surface area contributed by atoms with Gasteiger partial charge in [-0.05, 0) is 13.0 Å². The summed E-state index contributed by atoms with van der Waals surface area (Å²) in [5.41, 5.74) is -0.211. The fourth-order valence-corrected chi connectivity index (χ4v) is 0.986. The molecule has 0 bridgehead atoms. The van der Waals surface area contributed by atoms with Gasteiger partial charge in [0.05, 0.1) is 19.6 Å². The van der Waals surface area contributed by atoms with Crippen LogP contribution >= 0.6 is 0 Å². The summed E-state index contributed by atoms with van der Waals surface area (Å²) >= 11 is 0. The standard InChI is InChI=1S/C9H12N2O3/c1-2-14-9(13)5-7-11-8(12)4-3-6-10-11/h3-4,6H,2,5,7H2,1H3. The second-order valence-electron chi connectivity index (χ2n) is 2.64. The van der Waals surface area contributed by atoms with E-state index in [1.165, 1.54) is 16.9 Å². The molecule has 0 unspecified atom stereocenters. The highest BCUT2D eigenvalue weighted by Crippen LogP contribution is 1.88. The van der Waals surface area contributed by atoms with Gasteiger partial charge in [-0.15, -0.1) is 0 Å². The normalized spacial score (nSPS) is 9.79. The van der Waals surface area contributed by atoms with E-state index in [2.05, 4.69) is 5.10 Å². The van der Waals surface area contributed by atoms with Crippen molar-refractivity contribution in [1.82, 2.24) is 9.78 Å². The maximum atomic E-state index is 11.1. The van der Waals surface area contributed by atoms with Gasteiger partial charge in [-0.2, -0.15) is 5.10 Å². The number of aromatic nitrogens is 2. The number of nitrogens with zero attached hydrogens (tertiary/aromatic N) is 2. The molecule has 0 amide bonds. The highest BCUT2D eigenvalue weighted by Gasteiger charge is 2.02. The molecule has 0 spiro atoms. The van der Waals surface area contributed by atoms with E-state index in [-0.39, 0.29) is 24.5 Å². The third kappa shape index (κ3) is 3.01. The summed E-state index contributed by atoms with van der Waals surface area (Å²) in [6, 6.07) is 2.96. The molecular weight excluding hydrogens is 184 g/mol.